The van der Waals surface area contributed by atoms with Gasteiger partial charge >= 0.3 is 0 Å². The molecule has 10 nitrogen and oxygen atoms in total. The molecule has 1 N–H and O–H groups in total. The molecule has 0 radical (unpaired) electrons. The highest BCUT2D eigenvalue weighted by Crippen LogP contribution is 2.72. The quantitative estimate of drug-likeness (QED) is 0.252. The Kier molecular flexibility index (Phi) is 9.55. The minimum absolute atomic E-state index is 0.0943. The van der Waals surface area contributed by atoms with Crippen molar-refractivity contribution in [2.24, 2.45) is 17.8 Å². The van der Waals surface area contributed by atoms with E-state index in [9.17, 15) is 14.7 Å². The molecule has 2 bridgehead atoms. The average Bonchev–Trinajstić information content (AvgIpc) is 3.78. The van der Waals surface area contributed by atoms with Crippen LogP contribution in [0.3, 0.4) is 0 Å². The molecule has 0 saturated carbocycles. The summed E-state index contributed by atoms with van der Waals surface area (Å²) in [7, 11) is 0. The Hall–Kier alpha value is -3.96. The monoisotopic (exact) mass is 670 g/mol. The van der Waals surface area contributed by atoms with Crippen LogP contribution in [0.15, 0.2) is 79.9 Å². The van der Waals surface area contributed by atoms with Crippen molar-refractivity contribution in [3.05, 3.63) is 85.5 Å². The Morgan fingerprint density at radius 1 is 1.04 bits per heavy atom. The van der Waals surface area contributed by atoms with E-state index in [0.717, 1.165) is 16.6 Å². The van der Waals surface area contributed by atoms with Crippen molar-refractivity contribution in [2.45, 2.75) is 74.8 Å². The van der Waals surface area contributed by atoms with Gasteiger partial charge < -0.3 is 19.8 Å². The van der Waals surface area contributed by atoms with Gasteiger partial charge in [-0.2, -0.15) is 0 Å². The fraction of sp³-hybridized carbons (Fsp3) is 0.486. The van der Waals surface area contributed by atoms with Crippen LogP contribution in [-0.4, -0.2) is 93.8 Å². The number of thioether (sulfide) groups is 1. The number of para-hydroxylation sites is 1. The second-order valence-electron chi connectivity index (χ2n) is 14.0. The zero-order valence-corrected chi connectivity index (χ0v) is 28.9. The zero-order valence-electron chi connectivity index (χ0n) is 28.1. The molecular weight excluding hydrogens is 625 g/mol. The maximum atomic E-state index is 15.1. The van der Waals surface area contributed by atoms with Crippen molar-refractivity contribution in [3.8, 4) is 0 Å². The standard InChI is InChI=1S/C37H46N6O4S/c1-6-19-40(22-26-13-9-8-10-14-26)33(45)30-31-34(46)43(27(23-44)21-25(3)4)32(37(31)18-17-36(30,5)48-37)35(47)41(20-7-2)24-42-29-16-12-11-15-28(29)38-39-42/h6-16,25,27,30-32,44H,1-2,17-24H2,3-5H3/t27-,30+,31+,32?,36-,37?/m1/s1. The number of amides is 3. The smallest absolute Gasteiger partial charge is 0.248 e. The second kappa shape index (κ2) is 13.5. The van der Waals surface area contributed by atoms with Gasteiger partial charge in [-0.1, -0.05) is 73.7 Å². The lowest BCUT2D eigenvalue weighted by Crippen LogP contribution is -2.57. The van der Waals surface area contributed by atoms with Crippen LogP contribution in [0, 0.1) is 17.8 Å². The molecule has 3 aliphatic rings. The van der Waals surface area contributed by atoms with Gasteiger partial charge in [0.1, 0.15) is 18.2 Å². The lowest BCUT2D eigenvalue weighted by Gasteiger charge is -2.40. The highest BCUT2D eigenvalue weighted by Gasteiger charge is 2.78. The third kappa shape index (κ3) is 5.74. The number of benzene rings is 2. The third-order valence-electron chi connectivity index (χ3n) is 10.3. The van der Waals surface area contributed by atoms with Crippen LogP contribution in [0.2, 0.25) is 0 Å². The van der Waals surface area contributed by atoms with Gasteiger partial charge in [0, 0.05) is 24.4 Å². The van der Waals surface area contributed by atoms with Crippen molar-refractivity contribution >= 4 is 40.5 Å². The van der Waals surface area contributed by atoms with Crippen LogP contribution in [-0.2, 0) is 27.6 Å². The summed E-state index contributed by atoms with van der Waals surface area (Å²) in [4.78, 5) is 49.8. The molecule has 1 spiro atoms. The molecule has 11 heteroatoms. The maximum absolute atomic E-state index is 15.1. The molecule has 4 heterocycles. The lowest BCUT2D eigenvalue weighted by molar-refractivity contribution is -0.148. The number of carbonyl (C=O) groups excluding carboxylic acids is 3. The first-order valence-electron chi connectivity index (χ1n) is 16.8. The van der Waals surface area contributed by atoms with E-state index in [0.29, 0.717) is 32.4 Å². The molecular formula is C37H46N6O4S. The molecule has 0 aliphatic carbocycles. The number of hydrogen-bond acceptors (Lipinski definition) is 7. The molecule has 6 rings (SSSR count). The van der Waals surface area contributed by atoms with E-state index in [1.807, 2.05) is 68.4 Å². The molecule has 3 saturated heterocycles. The fourth-order valence-corrected chi connectivity index (χ4v) is 10.7. The number of carbonyl (C=O) groups is 3. The molecule has 3 aliphatic heterocycles. The van der Waals surface area contributed by atoms with Gasteiger partial charge in [-0.25, -0.2) is 4.68 Å². The Morgan fingerprint density at radius 2 is 1.73 bits per heavy atom. The topological polar surface area (TPSA) is 112 Å². The van der Waals surface area contributed by atoms with E-state index in [4.69, 9.17) is 0 Å². The lowest BCUT2D eigenvalue weighted by atomic mass is 9.66. The number of fused-ring (bicyclic) bond motifs is 2. The number of aliphatic hydroxyl groups excluding tert-OH is 1. The normalized spacial score (nSPS) is 26.6. The highest BCUT2D eigenvalue weighted by molar-refractivity contribution is 8.02. The minimum atomic E-state index is -0.868. The number of aliphatic hydroxyl groups is 1. The van der Waals surface area contributed by atoms with Crippen LogP contribution >= 0.6 is 11.8 Å². The molecule has 1 aromatic heterocycles. The zero-order chi connectivity index (χ0) is 34.2. The summed E-state index contributed by atoms with van der Waals surface area (Å²) in [6.07, 6.45) is 5.25. The largest absolute Gasteiger partial charge is 0.394 e. The van der Waals surface area contributed by atoms with Crippen LogP contribution in [0.4, 0.5) is 0 Å². The number of aromatic nitrogens is 3. The van der Waals surface area contributed by atoms with E-state index >= 15 is 4.79 Å². The average molecular weight is 671 g/mol. The van der Waals surface area contributed by atoms with Gasteiger partial charge in [0.15, 0.2) is 0 Å². The van der Waals surface area contributed by atoms with E-state index in [1.165, 1.54) is 0 Å². The molecule has 3 amide bonds. The van der Waals surface area contributed by atoms with E-state index < -0.39 is 33.4 Å². The summed E-state index contributed by atoms with van der Waals surface area (Å²) in [6.45, 7) is 14.8. The van der Waals surface area contributed by atoms with Crippen LogP contribution in [0.1, 0.15) is 45.6 Å². The second-order valence-corrected chi connectivity index (χ2v) is 15.9. The first-order chi connectivity index (χ1) is 23.1. The predicted octanol–water partition coefficient (Wildman–Crippen LogP) is 4.51. The van der Waals surface area contributed by atoms with Gasteiger partial charge in [-0.3, -0.25) is 14.4 Å². The van der Waals surface area contributed by atoms with Crippen LogP contribution < -0.4 is 0 Å². The number of rotatable bonds is 14. The fourth-order valence-electron chi connectivity index (χ4n) is 8.35. The summed E-state index contributed by atoms with van der Waals surface area (Å²) in [6, 6.07) is 16.0. The summed E-state index contributed by atoms with van der Waals surface area (Å²) >= 11 is 1.64. The van der Waals surface area contributed by atoms with Gasteiger partial charge in [0.2, 0.25) is 17.7 Å². The van der Waals surface area contributed by atoms with E-state index in [1.54, 1.807) is 43.3 Å². The van der Waals surface area contributed by atoms with E-state index in [2.05, 4.69) is 30.4 Å². The van der Waals surface area contributed by atoms with Gasteiger partial charge in [-0.15, -0.1) is 30.0 Å². The Bertz CT molecular complexity index is 1690. The summed E-state index contributed by atoms with van der Waals surface area (Å²) < 4.78 is 0.328. The van der Waals surface area contributed by atoms with Gasteiger partial charge in [-0.05, 0) is 49.8 Å². The summed E-state index contributed by atoms with van der Waals surface area (Å²) in [5, 5.41) is 19.4. The third-order valence-corrected chi connectivity index (χ3v) is 12.3. The summed E-state index contributed by atoms with van der Waals surface area (Å²) in [5.41, 5.74) is 2.50. The molecule has 3 aromatic rings. The number of hydrogen-bond donors (Lipinski definition) is 1. The maximum Gasteiger partial charge on any atom is 0.248 e. The Balaban J connectivity index is 1.41. The highest BCUT2D eigenvalue weighted by atomic mass is 32.2. The molecule has 2 unspecified atom stereocenters. The van der Waals surface area contributed by atoms with E-state index in [-0.39, 0.29) is 43.5 Å². The number of likely N-dealkylation sites (tertiary alicyclic amines) is 1. The molecule has 2 aromatic carbocycles. The van der Waals surface area contributed by atoms with Gasteiger partial charge in [0.25, 0.3) is 0 Å². The van der Waals surface area contributed by atoms with Crippen LogP contribution in [0.5, 0.6) is 0 Å². The molecule has 3 fully saturated rings. The van der Waals surface area contributed by atoms with Crippen LogP contribution in [0.25, 0.3) is 11.0 Å². The Morgan fingerprint density at radius 3 is 2.42 bits per heavy atom. The van der Waals surface area contributed by atoms with Crippen molar-refractivity contribution in [1.29, 1.82) is 0 Å². The molecule has 48 heavy (non-hydrogen) atoms. The Labute approximate surface area is 286 Å². The van der Waals surface area contributed by atoms with Gasteiger partial charge in [0.05, 0.1) is 34.7 Å². The van der Waals surface area contributed by atoms with Crippen molar-refractivity contribution in [1.82, 2.24) is 29.7 Å². The van der Waals surface area contributed by atoms with Crippen molar-refractivity contribution in [2.75, 3.05) is 19.7 Å². The molecule has 6 atom stereocenters. The molecule has 254 valence electrons. The van der Waals surface area contributed by atoms with Crippen molar-refractivity contribution < 1.29 is 19.5 Å². The number of nitrogens with zero attached hydrogens (tertiary/aromatic N) is 6. The summed E-state index contributed by atoms with van der Waals surface area (Å²) in [5.74, 6) is -1.71. The predicted molar refractivity (Wildman–Crippen MR) is 187 cm³/mol. The minimum Gasteiger partial charge on any atom is -0.394 e. The SMILES string of the molecule is C=CCN(Cn1nnc2ccccc21)C(=O)C1N([C@@H](CO)CC(C)C)C(=O)[C@@H]2[C@@H](C(=O)N(CC=C)Cc3ccccc3)[C@@]3(C)CCC12S3. The van der Waals surface area contributed by atoms with Crippen molar-refractivity contribution in [3.63, 3.8) is 0 Å². The first kappa shape index (κ1) is 33.9. The first-order valence-corrected chi connectivity index (χ1v) is 17.6.